The Hall–Kier alpha value is -1.88. The minimum Gasteiger partial charge on any atom is -0.381 e. The van der Waals surface area contributed by atoms with Gasteiger partial charge in [-0.1, -0.05) is 6.07 Å². The predicted molar refractivity (Wildman–Crippen MR) is 81.1 cm³/mol. The predicted octanol–water partition coefficient (Wildman–Crippen LogP) is 1.96. The highest BCUT2D eigenvalue weighted by Gasteiger charge is 2.18. The Balaban J connectivity index is 1.48. The van der Waals surface area contributed by atoms with E-state index in [1.807, 2.05) is 6.07 Å². The van der Waals surface area contributed by atoms with E-state index in [1.165, 1.54) is 5.56 Å². The van der Waals surface area contributed by atoms with Gasteiger partial charge < -0.3 is 15.0 Å². The van der Waals surface area contributed by atoms with Crippen molar-refractivity contribution in [2.75, 3.05) is 19.8 Å². The van der Waals surface area contributed by atoms with Gasteiger partial charge in [0, 0.05) is 32.6 Å². The van der Waals surface area contributed by atoms with Crippen LogP contribution < -0.4 is 5.32 Å². The minimum atomic E-state index is 0.109. The standard InChI is InChI=1S/C16H21N3O2/c1-11-2-3-13-14(8-11)19-15(18-13)4-6-17-16(20)9-12-5-7-21-10-12/h2-3,8,12H,4-7,9-10H2,1H3,(H,17,20)(H,18,19). The van der Waals surface area contributed by atoms with Gasteiger partial charge in [-0.3, -0.25) is 4.79 Å². The second-order valence-corrected chi connectivity index (χ2v) is 5.74. The normalized spacial score (nSPS) is 18.2. The molecule has 2 heterocycles. The number of imidazole rings is 1. The van der Waals surface area contributed by atoms with Crippen LogP contribution in [0.1, 0.15) is 24.2 Å². The van der Waals surface area contributed by atoms with Crippen molar-refractivity contribution in [1.82, 2.24) is 15.3 Å². The lowest BCUT2D eigenvalue weighted by molar-refractivity contribution is -0.122. The van der Waals surface area contributed by atoms with Crippen molar-refractivity contribution in [2.24, 2.45) is 5.92 Å². The Morgan fingerprint density at radius 2 is 2.43 bits per heavy atom. The Bertz CT molecular complexity index is 629. The molecule has 1 atom stereocenters. The molecule has 1 aromatic heterocycles. The van der Waals surface area contributed by atoms with Crippen molar-refractivity contribution in [2.45, 2.75) is 26.2 Å². The van der Waals surface area contributed by atoms with Crippen molar-refractivity contribution in [3.8, 4) is 0 Å². The number of nitrogens with zero attached hydrogens (tertiary/aromatic N) is 1. The van der Waals surface area contributed by atoms with Gasteiger partial charge in [-0.15, -0.1) is 0 Å². The topological polar surface area (TPSA) is 67.0 Å². The summed E-state index contributed by atoms with van der Waals surface area (Å²) >= 11 is 0. The summed E-state index contributed by atoms with van der Waals surface area (Å²) in [5.41, 5.74) is 3.24. The zero-order valence-corrected chi connectivity index (χ0v) is 12.3. The zero-order valence-electron chi connectivity index (χ0n) is 12.3. The third-order valence-electron chi connectivity index (χ3n) is 3.87. The highest BCUT2D eigenvalue weighted by Crippen LogP contribution is 2.16. The number of amides is 1. The van der Waals surface area contributed by atoms with Crippen molar-refractivity contribution in [3.63, 3.8) is 0 Å². The van der Waals surface area contributed by atoms with E-state index >= 15 is 0 Å². The van der Waals surface area contributed by atoms with Crippen LogP contribution in [-0.2, 0) is 16.0 Å². The number of aryl methyl sites for hydroxylation is 1. The first kappa shape index (κ1) is 14.1. The molecule has 0 radical (unpaired) electrons. The molecule has 0 saturated carbocycles. The van der Waals surface area contributed by atoms with E-state index in [-0.39, 0.29) is 5.91 Å². The molecule has 5 heteroatoms. The van der Waals surface area contributed by atoms with Crippen LogP contribution in [0.15, 0.2) is 18.2 Å². The maximum atomic E-state index is 11.8. The van der Waals surface area contributed by atoms with Crippen LogP contribution in [0.4, 0.5) is 0 Å². The van der Waals surface area contributed by atoms with E-state index in [0.717, 1.165) is 42.9 Å². The highest BCUT2D eigenvalue weighted by atomic mass is 16.5. The summed E-state index contributed by atoms with van der Waals surface area (Å²) in [5.74, 6) is 1.41. The number of ether oxygens (including phenoxy) is 1. The Kier molecular flexibility index (Phi) is 4.20. The van der Waals surface area contributed by atoms with Gasteiger partial charge in [0.15, 0.2) is 0 Å². The van der Waals surface area contributed by atoms with Crippen molar-refractivity contribution < 1.29 is 9.53 Å². The van der Waals surface area contributed by atoms with E-state index in [0.29, 0.717) is 18.9 Å². The number of carbonyl (C=O) groups excluding carboxylic acids is 1. The van der Waals surface area contributed by atoms with Crippen LogP contribution in [0, 0.1) is 12.8 Å². The first-order valence-corrected chi connectivity index (χ1v) is 7.50. The Morgan fingerprint density at radius 1 is 1.52 bits per heavy atom. The lowest BCUT2D eigenvalue weighted by atomic mass is 10.1. The van der Waals surface area contributed by atoms with Gasteiger partial charge in [0.05, 0.1) is 11.0 Å². The number of benzene rings is 1. The first-order valence-electron chi connectivity index (χ1n) is 7.50. The van der Waals surface area contributed by atoms with Gasteiger partial charge in [-0.2, -0.15) is 0 Å². The van der Waals surface area contributed by atoms with E-state index in [1.54, 1.807) is 0 Å². The van der Waals surface area contributed by atoms with E-state index < -0.39 is 0 Å². The number of rotatable bonds is 5. The highest BCUT2D eigenvalue weighted by molar-refractivity contribution is 5.76. The van der Waals surface area contributed by atoms with Crippen LogP contribution in [0.2, 0.25) is 0 Å². The molecule has 1 aromatic carbocycles. The number of fused-ring (bicyclic) bond motifs is 1. The van der Waals surface area contributed by atoms with Crippen LogP contribution in [0.3, 0.4) is 0 Å². The number of aromatic amines is 1. The molecule has 21 heavy (non-hydrogen) atoms. The summed E-state index contributed by atoms with van der Waals surface area (Å²) in [6, 6.07) is 6.16. The number of hydrogen-bond acceptors (Lipinski definition) is 3. The summed E-state index contributed by atoms with van der Waals surface area (Å²) in [4.78, 5) is 19.6. The maximum Gasteiger partial charge on any atom is 0.220 e. The number of H-pyrrole nitrogens is 1. The fourth-order valence-corrected chi connectivity index (χ4v) is 2.69. The Morgan fingerprint density at radius 3 is 3.24 bits per heavy atom. The molecule has 1 unspecified atom stereocenters. The smallest absolute Gasteiger partial charge is 0.220 e. The molecule has 1 amide bonds. The van der Waals surface area contributed by atoms with Gasteiger partial charge in [-0.05, 0) is 37.0 Å². The third-order valence-corrected chi connectivity index (χ3v) is 3.87. The number of hydrogen-bond donors (Lipinski definition) is 2. The van der Waals surface area contributed by atoms with Crippen LogP contribution in [0.25, 0.3) is 11.0 Å². The van der Waals surface area contributed by atoms with Crippen LogP contribution in [0.5, 0.6) is 0 Å². The summed E-state index contributed by atoms with van der Waals surface area (Å²) in [7, 11) is 0. The monoisotopic (exact) mass is 287 g/mol. The molecule has 0 aliphatic carbocycles. The minimum absolute atomic E-state index is 0.109. The molecule has 5 nitrogen and oxygen atoms in total. The number of carbonyl (C=O) groups is 1. The zero-order chi connectivity index (χ0) is 14.7. The molecule has 2 aromatic rings. The molecule has 1 saturated heterocycles. The molecule has 1 aliphatic rings. The number of aromatic nitrogens is 2. The molecular formula is C16H21N3O2. The van der Waals surface area contributed by atoms with Crippen molar-refractivity contribution in [3.05, 3.63) is 29.6 Å². The van der Waals surface area contributed by atoms with E-state index in [2.05, 4.69) is 34.3 Å². The molecule has 1 aliphatic heterocycles. The van der Waals surface area contributed by atoms with E-state index in [9.17, 15) is 4.79 Å². The maximum absolute atomic E-state index is 11.8. The summed E-state index contributed by atoms with van der Waals surface area (Å²) in [6.07, 6.45) is 2.29. The molecule has 112 valence electrons. The summed E-state index contributed by atoms with van der Waals surface area (Å²) in [6.45, 7) is 4.19. The van der Waals surface area contributed by atoms with Gasteiger partial charge in [0.2, 0.25) is 5.91 Å². The van der Waals surface area contributed by atoms with Gasteiger partial charge in [0.25, 0.3) is 0 Å². The van der Waals surface area contributed by atoms with Gasteiger partial charge in [0.1, 0.15) is 5.82 Å². The molecule has 3 rings (SSSR count). The van der Waals surface area contributed by atoms with Crippen LogP contribution in [-0.4, -0.2) is 35.6 Å². The Labute approximate surface area is 124 Å². The summed E-state index contributed by atoms with van der Waals surface area (Å²) in [5, 5.41) is 2.96. The average Bonchev–Trinajstić information content (AvgIpc) is 3.07. The molecule has 1 fully saturated rings. The second kappa shape index (κ2) is 6.26. The largest absolute Gasteiger partial charge is 0.381 e. The average molecular weight is 287 g/mol. The van der Waals surface area contributed by atoms with Crippen molar-refractivity contribution >= 4 is 16.9 Å². The number of nitrogens with one attached hydrogen (secondary N) is 2. The molecule has 0 bridgehead atoms. The van der Waals surface area contributed by atoms with Gasteiger partial charge in [-0.25, -0.2) is 4.98 Å². The second-order valence-electron chi connectivity index (χ2n) is 5.74. The fraction of sp³-hybridized carbons (Fsp3) is 0.500. The summed E-state index contributed by atoms with van der Waals surface area (Å²) < 4.78 is 5.28. The molecule has 0 spiro atoms. The first-order chi connectivity index (χ1) is 10.2. The van der Waals surface area contributed by atoms with E-state index in [4.69, 9.17) is 4.74 Å². The molecule has 2 N–H and O–H groups in total. The lowest BCUT2D eigenvalue weighted by Crippen LogP contribution is -2.27. The SMILES string of the molecule is Cc1ccc2nc(CCNC(=O)CC3CCOC3)[nH]c2c1. The van der Waals surface area contributed by atoms with Gasteiger partial charge >= 0.3 is 0 Å². The molecular weight excluding hydrogens is 266 g/mol. The van der Waals surface area contributed by atoms with Crippen molar-refractivity contribution in [1.29, 1.82) is 0 Å². The fourth-order valence-electron chi connectivity index (χ4n) is 2.69. The van der Waals surface area contributed by atoms with Crippen LogP contribution >= 0.6 is 0 Å². The quantitative estimate of drug-likeness (QED) is 0.883. The third kappa shape index (κ3) is 3.61. The lowest BCUT2D eigenvalue weighted by Gasteiger charge is -2.07.